The van der Waals surface area contributed by atoms with Gasteiger partial charge in [0, 0.05) is 64.4 Å². The highest BCUT2D eigenvalue weighted by molar-refractivity contribution is 7.99. The first kappa shape index (κ1) is 40.1. The molecule has 1 aliphatic rings. The fourth-order valence-corrected chi connectivity index (χ4v) is 7.17. The number of likely N-dealkylation sites (N-methyl/N-ethyl adjacent to an activating group) is 1. The van der Waals surface area contributed by atoms with E-state index in [1.807, 2.05) is 6.07 Å². The Morgan fingerprint density at radius 3 is 2.10 bits per heavy atom. The molecule has 10 nitrogen and oxygen atoms in total. The molecule has 1 aromatic heterocycles. The third-order valence-corrected chi connectivity index (χ3v) is 10.3. The van der Waals surface area contributed by atoms with Crippen LogP contribution >= 0.6 is 11.8 Å². The maximum Gasteiger partial charge on any atom is 0.196 e. The largest absolute Gasteiger partial charge is 0.467 e. The van der Waals surface area contributed by atoms with Crippen LogP contribution in [0.3, 0.4) is 0 Å². The Morgan fingerprint density at radius 2 is 1.46 bits per heavy atom. The van der Waals surface area contributed by atoms with Gasteiger partial charge in [0.05, 0.1) is 11.7 Å². The Labute approximate surface area is 304 Å². The fraction of sp³-hybridized carbons (Fsp3) is 0.641. The van der Waals surface area contributed by atoms with Crippen molar-refractivity contribution < 1.29 is 24.1 Å². The van der Waals surface area contributed by atoms with Crippen molar-refractivity contribution in [1.29, 1.82) is 0 Å². The maximum atomic E-state index is 11.0. The minimum absolute atomic E-state index is 0.0689. The number of aliphatic hydroxyl groups is 1. The Morgan fingerprint density at radius 1 is 0.820 bits per heavy atom. The monoisotopic (exact) mass is 711 g/mol. The first-order valence-corrected chi connectivity index (χ1v) is 19.5. The van der Waals surface area contributed by atoms with Crippen LogP contribution in [0.1, 0.15) is 95.6 Å². The van der Waals surface area contributed by atoms with Gasteiger partial charge >= 0.3 is 0 Å². The second-order valence-electron chi connectivity index (χ2n) is 13.8. The average molecular weight is 712 g/mol. The van der Waals surface area contributed by atoms with Gasteiger partial charge in [0.25, 0.3) is 0 Å². The van der Waals surface area contributed by atoms with Crippen molar-refractivity contribution in [1.82, 2.24) is 24.6 Å². The summed E-state index contributed by atoms with van der Waals surface area (Å²) in [5, 5.41) is 21.1. The summed E-state index contributed by atoms with van der Waals surface area (Å²) in [7, 11) is 5.39. The normalized spacial score (nSPS) is 14.8. The van der Waals surface area contributed by atoms with Crippen LogP contribution in [0.2, 0.25) is 0 Å². The van der Waals surface area contributed by atoms with E-state index < -0.39 is 6.10 Å². The number of methoxy groups -OCH3 is 2. The van der Waals surface area contributed by atoms with Crippen molar-refractivity contribution in [2.24, 2.45) is 0 Å². The molecule has 2 heterocycles. The van der Waals surface area contributed by atoms with Crippen LogP contribution in [0.15, 0.2) is 41.6 Å². The van der Waals surface area contributed by atoms with Crippen LogP contribution in [0, 0.1) is 0 Å². The number of nitrogens with zero attached hydrogens (tertiary/aromatic N) is 5. The summed E-state index contributed by atoms with van der Waals surface area (Å²) < 4.78 is 24.7. The zero-order valence-corrected chi connectivity index (χ0v) is 32.2. The predicted octanol–water partition coefficient (Wildman–Crippen LogP) is 7.75. The second kappa shape index (κ2) is 21.6. The molecule has 0 bridgehead atoms. The average Bonchev–Trinajstić information content (AvgIpc) is 3.54. The molecule has 4 rings (SSSR count). The summed E-state index contributed by atoms with van der Waals surface area (Å²) in [5.41, 5.74) is 4.02. The molecule has 50 heavy (non-hydrogen) atoms. The molecule has 1 aliphatic heterocycles. The van der Waals surface area contributed by atoms with Crippen LogP contribution in [0.5, 0.6) is 11.5 Å². The van der Waals surface area contributed by atoms with Gasteiger partial charge in [-0.05, 0) is 48.7 Å². The molecule has 278 valence electrons. The Hall–Kier alpha value is -2.67. The van der Waals surface area contributed by atoms with Gasteiger partial charge in [0.1, 0.15) is 11.5 Å². The number of ether oxygens (including phenoxy) is 4. The molecule has 3 aromatic rings. The number of aliphatic hydroxyl groups excluding tert-OH is 1. The van der Waals surface area contributed by atoms with Crippen molar-refractivity contribution in [2.75, 3.05) is 66.8 Å². The van der Waals surface area contributed by atoms with Gasteiger partial charge in [-0.2, -0.15) is 0 Å². The highest BCUT2D eigenvalue weighted by Gasteiger charge is 2.24. The molecule has 0 radical (unpaired) electrons. The molecule has 1 saturated heterocycles. The number of piperazine rings is 1. The van der Waals surface area contributed by atoms with Crippen LogP contribution in [-0.4, -0.2) is 103 Å². The first-order valence-electron chi connectivity index (χ1n) is 18.5. The van der Waals surface area contributed by atoms with Crippen LogP contribution in [0.4, 0.5) is 0 Å². The van der Waals surface area contributed by atoms with Crippen molar-refractivity contribution >= 4 is 11.8 Å². The lowest BCUT2D eigenvalue weighted by Gasteiger charge is -2.32. The summed E-state index contributed by atoms with van der Waals surface area (Å²) in [6.07, 6.45) is 10.4. The second-order valence-corrected chi connectivity index (χ2v) is 14.7. The number of hydrogen-bond acceptors (Lipinski definition) is 10. The molecule has 0 spiro atoms. The van der Waals surface area contributed by atoms with Gasteiger partial charge in [-0.1, -0.05) is 96.0 Å². The quantitative estimate of drug-likeness (QED) is 0.0598. The standard InChI is InChI=1S/C39H61N5O5S/c1-7-8-9-10-11-12-13-14-15-33(45)27-50-39-41-40-38(35-24-34(30(2)3)36(48-28-46-5)25-37(35)49-29-47-6)44(39)32-18-16-31(17-19-32)26-43-22-20-42(4)21-23-43/h16-19,24-25,30,33,45H,7-15,20-23,26-29H2,1-6H3. The van der Waals surface area contributed by atoms with Gasteiger partial charge in [-0.25, -0.2) is 0 Å². The summed E-state index contributed by atoms with van der Waals surface area (Å²) in [4.78, 5) is 4.89. The number of benzene rings is 2. The van der Waals surface area contributed by atoms with E-state index in [0.29, 0.717) is 23.1 Å². The third kappa shape index (κ3) is 12.2. The minimum atomic E-state index is -0.412. The lowest BCUT2D eigenvalue weighted by atomic mass is 9.98. The molecule has 11 heteroatoms. The minimum Gasteiger partial charge on any atom is -0.467 e. The number of unbranched alkanes of at least 4 members (excludes halogenated alkanes) is 7. The van der Waals surface area contributed by atoms with Gasteiger partial charge < -0.3 is 29.0 Å². The Bertz CT molecular complexity index is 1390. The molecular formula is C39H61N5O5S. The van der Waals surface area contributed by atoms with Crippen LogP contribution in [-0.2, 0) is 16.0 Å². The van der Waals surface area contributed by atoms with E-state index in [2.05, 4.69) is 72.5 Å². The number of thioether (sulfide) groups is 1. The van der Waals surface area contributed by atoms with Crippen molar-refractivity contribution in [3.8, 4) is 28.6 Å². The third-order valence-electron chi connectivity index (χ3n) is 9.27. The van der Waals surface area contributed by atoms with E-state index in [4.69, 9.17) is 29.1 Å². The van der Waals surface area contributed by atoms with E-state index in [0.717, 1.165) is 67.5 Å². The van der Waals surface area contributed by atoms with Gasteiger partial charge in [-0.3, -0.25) is 9.47 Å². The van der Waals surface area contributed by atoms with Crippen molar-refractivity contribution in [3.63, 3.8) is 0 Å². The van der Waals surface area contributed by atoms with Gasteiger partial charge in [-0.15, -0.1) is 10.2 Å². The number of rotatable bonds is 23. The highest BCUT2D eigenvalue weighted by atomic mass is 32.2. The molecule has 1 unspecified atom stereocenters. The molecule has 0 saturated carbocycles. The number of hydrogen-bond donors (Lipinski definition) is 1. The first-order chi connectivity index (χ1) is 24.3. The zero-order valence-electron chi connectivity index (χ0n) is 31.4. The van der Waals surface area contributed by atoms with Gasteiger partial charge in [0.2, 0.25) is 0 Å². The topological polar surface area (TPSA) is 94.3 Å². The van der Waals surface area contributed by atoms with E-state index >= 15 is 0 Å². The molecule has 0 aliphatic carbocycles. The molecule has 0 amide bonds. The number of aromatic nitrogens is 3. The SMILES string of the molecule is CCCCCCCCCCC(O)CSc1nnc(-c2cc(C(C)C)c(OCOC)cc2OCOC)n1-c1ccc(CN2CCN(C)CC2)cc1. The summed E-state index contributed by atoms with van der Waals surface area (Å²) in [6, 6.07) is 12.7. The molecule has 1 fully saturated rings. The summed E-state index contributed by atoms with van der Waals surface area (Å²) >= 11 is 1.54. The Kier molecular flexibility index (Phi) is 17.4. The van der Waals surface area contributed by atoms with Crippen molar-refractivity contribution in [2.45, 2.75) is 102 Å². The lowest BCUT2D eigenvalue weighted by Crippen LogP contribution is -2.43. The molecule has 2 aromatic carbocycles. The molecule has 1 atom stereocenters. The van der Waals surface area contributed by atoms with E-state index in [1.165, 1.54) is 50.5 Å². The van der Waals surface area contributed by atoms with E-state index in [1.54, 1.807) is 26.0 Å². The Balaban J connectivity index is 1.60. The van der Waals surface area contributed by atoms with Crippen molar-refractivity contribution in [3.05, 3.63) is 47.5 Å². The summed E-state index contributed by atoms with van der Waals surface area (Å²) in [5.74, 6) is 2.64. The maximum absolute atomic E-state index is 11.0. The smallest absolute Gasteiger partial charge is 0.196 e. The predicted molar refractivity (Wildman–Crippen MR) is 203 cm³/mol. The molecular weight excluding hydrogens is 651 g/mol. The van der Waals surface area contributed by atoms with Crippen LogP contribution in [0.25, 0.3) is 17.1 Å². The van der Waals surface area contributed by atoms with Crippen LogP contribution < -0.4 is 9.47 Å². The molecule has 1 N–H and O–H groups in total. The van der Waals surface area contributed by atoms with E-state index in [9.17, 15) is 5.11 Å². The van der Waals surface area contributed by atoms with Gasteiger partial charge in [0.15, 0.2) is 24.6 Å². The lowest BCUT2D eigenvalue weighted by molar-refractivity contribution is 0.0457. The van der Waals surface area contributed by atoms with E-state index in [-0.39, 0.29) is 19.5 Å². The highest BCUT2D eigenvalue weighted by Crippen LogP contribution is 2.40. The fourth-order valence-electron chi connectivity index (χ4n) is 6.25. The zero-order chi connectivity index (χ0) is 35.7. The summed E-state index contributed by atoms with van der Waals surface area (Å²) in [6.45, 7) is 12.0.